The fourth-order valence-electron chi connectivity index (χ4n) is 0.816. The van der Waals surface area contributed by atoms with Crippen molar-refractivity contribution in [1.29, 1.82) is 0 Å². The summed E-state index contributed by atoms with van der Waals surface area (Å²) in [4.78, 5) is 0. The number of hydrogen-bond donors (Lipinski definition) is 0. The quantitative estimate of drug-likeness (QED) is 0.504. The summed E-state index contributed by atoms with van der Waals surface area (Å²) in [6, 6.07) is 0. The second-order valence-corrected chi connectivity index (χ2v) is 24.2. The van der Waals surface area contributed by atoms with Crippen LogP contribution in [0.3, 0.4) is 0 Å². The summed E-state index contributed by atoms with van der Waals surface area (Å²) in [5.41, 5.74) is 0. The highest BCUT2D eigenvalue weighted by molar-refractivity contribution is 8.29. The van der Waals surface area contributed by atoms with Crippen LogP contribution >= 0.6 is 22.4 Å². The number of hydrogen-bond acceptors (Lipinski definition) is 2. The lowest BCUT2D eigenvalue weighted by Gasteiger charge is -2.17. The lowest BCUT2D eigenvalue weighted by molar-refractivity contribution is 1.13. The monoisotopic (exact) mass is 252 g/mol. The third kappa shape index (κ3) is 13.1. The van der Waals surface area contributed by atoms with Crippen molar-refractivity contribution in [3.8, 4) is 0 Å². The van der Waals surface area contributed by atoms with Gasteiger partial charge in [0.25, 0.3) is 0 Å². The Morgan fingerprint density at radius 3 is 1.23 bits per heavy atom. The predicted molar refractivity (Wildman–Crippen MR) is 76.2 cm³/mol. The first-order chi connectivity index (χ1) is 5.71. The van der Waals surface area contributed by atoms with Gasteiger partial charge in [0.05, 0.1) is 0 Å². The zero-order valence-corrected chi connectivity index (χ0v) is 13.6. The van der Waals surface area contributed by atoms with Crippen LogP contribution in [-0.4, -0.2) is 26.0 Å². The van der Waals surface area contributed by atoms with Gasteiger partial charge in [0.2, 0.25) is 0 Å². The molecule has 0 spiro atoms. The molecule has 0 aliphatic heterocycles. The summed E-state index contributed by atoms with van der Waals surface area (Å²) >= 11 is 4.45. The molecular weight excluding hydrogens is 228 g/mol. The molecule has 0 saturated heterocycles. The molecule has 4 heteroatoms. The van der Waals surface area contributed by atoms with E-state index in [-0.39, 0.29) is 0 Å². The van der Waals surface area contributed by atoms with Gasteiger partial charge in [0, 0.05) is 0 Å². The molecule has 80 valence electrons. The average molecular weight is 253 g/mol. The van der Waals surface area contributed by atoms with E-state index in [1.54, 1.807) is 0 Å². The summed E-state index contributed by atoms with van der Waals surface area (Å²) in [5.74, 6) is 2.76. The van der Waals surface area contributed by atoms with E-state index in [4.69, 9.17) is 0 Å². The van der Waals surface area contributed by atoms with Crippen molar-refractivity contribution in [2.75, 3.05) is 11.5 Å². The Morgan fingerprint density at radius 2 is 1.00 bits per heavy atom. The summed E-state index contributed by atoms with van der Waals surface area (Å²) in [6.45, 7) is 14.6. The van der Waals surface area contributed by atoms with E-state index in [1.807, 2.05) is 0 Å². The second kappa shape index (κ2) is 5.88. The minimum Gasteiger partial charge on any atom is -0.186 e. The van der Waals surface area contributed by atoms with Gasteiger partial charge in [0.15, 0.2) is 0 Å². The van der Waals surface area contributed by atoms with Gasteiger partial charge in [-0.1, -0.05) is 39.3 Å². The van der Waals surface area contributed by atoms with E-state index in [2.05, 4.69) is 61.7 Å². The number of rotatable bonds is 6. The zero-order valence-electron chi connectivity index (χ0n) is 9.94. The first kappa shape index (κ1) is 14.1. The molecule has 0 saturated carbocycles. The maximum atomic E-state index is 2.43. The van der Waals surface area contributed by atoms with Gasteiger partial charge in [-0.25, -0.2) is 0 Å². The van der Waals surface area contributed by atoms with Crippen molar-refractivity contribution in [2.24, 2.45) is 0 Å². The summed E-state index contributed by atoms with van der Waals surface area (Å²) in [6.07, 6.45) is 1.41. The van der Waals surface area contributed by atoms with Gasteiger partial charge in [-0.15, -0.1) is 0 Å². The normalized spacial score (nSPS) is 13.4. The van der Waals surface area contributed by atoms with Gasteiger partial charge in [0.1, 0.15) is 14.4 Å². The van der Waals surface area contributed by atoms with Gasteiger partial charge < -0.3 is 0 Å². The Morgan fingerprint density at radius 1 is 0.692 bits per heavy atom. The summed E-state index contributed by atoms with van der Waals surface area (Å²) in [7, 11) is -1.67. The third-order valence-corrected chi connectivity index (χ3v) is 10.5. The Labute approximate surface area is 94.0 Å². The standard InChI is InChI=1S/C9H24S2Si2/c1-12(2,3)10-8-7-9-11-13(4,5)6/h7-9H2,1-6H3. The van der Waals surface area contributed by atoms with Crippen molar-refractivity contribution in [2.45, 2.75) is 45.7 Å². The highest BCUT2D eigenvalue weighted by Crippen LogP contribution is 2.23. The minimum absolute atomic E-state index is 0.834. The molecule has 13 heavy (non-hydrogen) atoms. The molecule has 0 fully saturated rings. The lowest BCUT2D eigenvalue weighted by Crippen LogP contribution is -2.16. The van der Waals surface area contributed by atoms with Crippen molar-refractivity contribution < 1.29 is 0 Å². The van der Waals surface area contributed by atoms with Crippen LogP contribution in [-0.2, 0) is 0 Å². The molecule has 0 aliphatic rings. The van der Waals surface area contributed by atoms with Crippen molar-refractivity contribution in [1.82, 2.24) is 0 Å². The Bertz CT molecular complexity index is 120. The smallest absolute Gasteiger partial charge is 0.108 e. The maximum Gasteiger partial charge on any atom is 0.108 e. The van der Waals surface area contributed by atoms with E-state index in [1.165, 1.54) is 17.9 Å². The van der Waals surface area contributed by atoms with Crippen molar-refractivity contribution in [3.05, 3.63) is 0 Å². The van der Waals surface area contributed by atoms with Crippen molar-refractivity contribution in [3.63, 3.8) is 0 Å². The largest absolute Gasteiger partial charge is 0.186 e. The molecule has 0 nitrogen and oxygen atoms in total. The molecule has 0 aromatic heterocycles. The SMILES string of the molecule is C[Si](C)(C)SCCCS[Si](C)(C)C. The van der Waals surface area contributed by atoms with Crippen LogP contribution < -0.4 is 0 Å². The molecule has 0 N–H and O–H groups in total. The van der Waals surface area contributed by atoms with Crippen LogP contribution in [0.25, 0.3) is 0 Å². The first-order valence-electron chi connectivity index (χ1n) is 4.99. The Hall–Kier alpha value is 1.13. The van der Waals surface area contributed by atoms with E-state index in [0.29, 0.717) is 0 Å². The first-order valence-corrected chi connectivity index (χ1v) is 15.4. The van der Waals surface area contributed by atoms with Crippen LogP contribution in [0.2, 0.25) is 39.3 Å². The Balaban J connectivity index is 3.28. The van der Waals surface area contributed by atoms with Crippen LogP contribution in [0.4, 0.5) is 0 Å². The molecule has 0 radical (unpaired) electrons. The molecule has 0 bridgehead atoms. The van der Waals surface area contributed by atoms with Crippen molar-refractivity contribution >= 4 is 36.9 Å². The Kier molecular flexibility index (Phi) is 6.39. The molecule has 0 aromatic carbocycles. The summed E-state index contributed by atoms with van der Waals surface area (Å²) in [5, 5.41) is 0. The minimum atomic E-state index is -0.834. The fraction of sp³-hybridized carbons (Fsp3) is 1.00. The van der Waals surface area contributed by atoms with Gasteiger partial charge in [-0.3, -0.25) is 0 Å². The van der Waals surface area contributed by atoms with E-state index in [9.17, 15) is 0 Å². The van der Waals surface area contributed by atoms with E-state index in [0.717, 1.165) is 0 Å². The average Bonchev–Trinajstić information content (AvgIpc) is 1.81. The van der Waals surface area contributed by atoms with E-state index >= 15 is 0 Å². The fourth-order valence-corrected chi connectivity index (χ4v) is 7.34. The van der Waals surface area contributed by atoms with Gasteiger partial charge >= 0.3 is 0 Å². The van der Waals surface area contributed by atoms with Crippen LogP contribution in [0.1, 0.15) is 6.42 Å². The maximum absolute atomic E-state index is 2.43. The lowest BCUT2D eigenvalue weighted by atomic mass is 10.6. The molecule has 0 amide bonds. The highest BCUT2D eigenvalue weighted by Gasteiger charge is 2.15. The predicted octanol–water partition coefficient (Wildman–Crippen LogP) is 4.51. The van der Waals surface area contributed by atoms with Crippen LogP contribution in [0.15, 0.2) is 0 Å². The molecule has 0 rings (SSSR count). The molecule has 0 heterocycles. The summed E-state index contributed by atoms with van der Waals surface area (Å²) < 4.78 is 0. The second-order valence-electron chi connectivity index (χ2n) is 5.28. The van der Waals surface area contributed by atoms with Gasteiger partial charge in [-0.05, 0) is 17.9 Å². The molecule has 0 aromatic rings. The highest BCUT2D eigenvalue weighted by atomic mass is 32.4. The molecule has 0 atom stereocenters. The molecule has 0 unspecified atom stereocenters. The van der Waals surface area contributed by atoms with Crippen LogP contribution in [0, 0.1) is 0 Å². The topological polar surface area (TPSA) is 0 Å². The van der Waals surface area contributed by atoms with Crippen LogP contribution in [0.5, 0.6) is 0 Å². The zero-order chi connectivity index (χ0) is 10.5. The molecular formula is C9H24S2Si2. The van der Waals surface area contributed by atoms with E-state index < -0.39 is 14.4 Å². The van der Waals surface area contributed by atoms with Gasteiger partial charge in [-0.2, -0.15) is 22.4 Å². The molecule has 0 aliphatic carbocycles. The third-order valence-electron chi connectivity index (χ3n) is 1.36.